The summed E-state index contributed by atoms with van der Waals surface area (Å²) in [4.78, 5) is 16.6. The molecule has 1 aliphatic carbocycles. The summed E-state index contributed by atoms with van der Waals surface area (Å²) in [5.74, 6) is 0.155. The van der Waals surface area contributed by atoms with Crippen LogP contribution in [0.4, 0.5) is 4.39 Å². The van der Waals surface area contributed by atoms with E-state index in [1.165, 1.54) is 29.0 Å². The van der Waals surface area contributed by atoms with E-state index >= 15 is 0 Å². The van der Waals surface area contributed by atoms with Crippen LogP contribution in [-0.4, -0.2) is 26.8 Å². The molecule has 4 rings (SSSR count). The number of carbonyl (C=O) groups excluding carboxylic acids is 1. The summed E-state index contributed by atoms with van der Waals surface area (Å²) in [5, 5.41) is 10.3. The Hall–Kier alpha value is -2.67. The van der Waals surface area contributed by atoms with Crippen LogP contribution < -0.4 is 5.32 Å². The van der Waals surface area contributed by atoms with Gasteiger partial charge < -0.3 is 5.32 Å². The number of carbonyl (C=O) groups is 1. The van der Waals surface area contributed by atoms with Crippen LogP contribution >= 0.6 is 11.8 Å². The largest absolute Gasteiger partial charge is 0.349 e. The van der Waals surface area contributed by atoms with Crippen LogP contribution in [0.15, 0.2) is 53.7 Å². The van der Waals surface area contributed by atoms with Crippen molar-refractivity contribution in [2.24, 2.45) is 0 Å². The molecule has 2 N–H and O–H groups in total. The van der Waals surface area contributed by atoms with E-state index in [2.05, 4.69) is 32.6 Å². The fourth-order valence-electron chi connectivity index (χ4n) is 3.35. The van der Waals surface area contributed by atoms with Gasteiger partial charge in [0.05, 0.1) is 17.4 Å². The topological polar surface area (TPSA) is 70.7 Å². The molecule has 2 aromatic carbocycles. The van der Waals surface area contributed by atoms with Crippen molar-refractivity contribution in [2.75, 3.05) is 5.75 Å². The summed E-state index contributed by atoms with van der Waals surface area (Å²) in [6.07, 6.45) is 3.08. The molecule has 7 heteroatoms. The lowest BCUT2D eigenvalue weighted by Gasteiger charge is -2.26. The summed E-state index contributed by atoms with van der Waals surface area (Å²) >= 11 is 1.23. The van der Waals surface area contributed by atoms with Gasteiger partial charge in [-0.25, -0.2) is 9.37 Å². The molecule has 0 spiro atoms. The fourth-order valence-corrected chi connectivity index (χ4v) is 3.96. The van der Waals surface area contributed by atoms with Gasteiger partial charge in [-0.05, 0) is 42.5 Å². The first-order valence-electron chi connectivity index (χ1n) is 8.88. The predicted molar refractivity (Wildman–Crippen MR) is 103 cm³/mol. The van der Waals surface area contributed by atoms with Gasteiger partial charge in [-0.2, -0.15) is 0 Å². The molecule has 1 heterocycles. The number of hydrogen-bond acceptors (Lipinski definition) is 4. The number of H-pyrrole nitrogens is 1. The minimum atomic E-state index is -0.362. The Morgan fingerprint density at radius 3 is 2.93 bits per heavy atom. The lowest BCUT2D eigenvalue weighted by Crippen LogP contribution is -2.32. The summed E-state index contributed by atoms with van der Waals surface area (Å²) < 4.78 is 13.8. The Morgan fingerprint density at radius 2 is 2.04 bits per heavy atom. The van der Waals surface area contributed by atoms with Gasteiger partial charge in [0.1, 0.15) is 5.82 Å². The van der Waals surface area contributed by atoms with Crippen LogP contribution in [0.1, 0.15) is 30.0 Å². The number of amides is 1. The van der Waals surface area contributed by atoms with Gasteiger partial charge in [0.25, 0.3) is 0 Å². The number of rotatable bonds is 5. The second-order valence-corrected chi connectivity index (χ2v) is 7.39. The lowest BCUT2D eigenvalue weighted by molar-refractivity contribution is -0.119. The highest BCUT2D eigenvalue weighted by Gasteiger charge is 2.21. The number of aryl methyl sites for hydroxylation is 1. The van der Waals surface area contributed by atoms with Crippen LogP contribution in [0.2, 0.25) is 0 Å². The molecule has 0 saturated carbocycles. The van der Waals surface area contributed by atoms with Crippen molar-refractivity contribution in [2.45, 2.75) is 30.5 Å². The minimum absolute atomic E-state index is 0.0565. The van der Waals surface area contributed by atoms with Crippen molar-refractivity contribution in [1.82, 2.24) is 20.5 Å². The zero-order valence-corrected chi connectivity index (χ0v) is 15.4. The van der Waals surface area contributed by atoms with Crippen molar-refractivity contribution < 1.29 is 9.18 Å². The molecular formula is C20H19FN4OS. The third-order valence-electron chi connectivity index (χ3n) is 4.63. The van der Waals surface area contributed by atoms with Gasteiger partial charge in [0, 0.05) is 0 Å². The van der Waals surface area contributed by atoms with E-state index in [4.69, 9.17) is 0 Å². The summed E-state index contributed by atoms with van der Waals surface area (Å²) in [7, 11) is 0. The maximum atomic E-state index is 13.8. The van der Waals surface area contributed by atoms with Crippen LogP contribution in [-0.2, 0) is 11.2 Å². The average molecular weight is 382 g/mol. The maximum Gasteiger partial charge on any atom is 0.230 e. The fraction of sp³-hybridized carbons (Fsp3) is 0.250. The van der Waals surface area contributed by atoms with E-state index in [0.29, 0.717) is 16.5 Å². The van der Waals surface area contributed by atoms with Crippen molar-refractivity contribution in [3.8, 4) is 11.4 Å². The monoisotopic (exact) mass is 382 g/mol. The number of thioether (sulfide) groups is 1. The third-order valence-corrected chi connectivity index (χ3v) is 5.48. The molecule has 0 bridgehead atoms. The van der Waals surface area contributed by atoms with Crippen molar-refractivity contribution in [3.63, 3.8) is 0 Å². The Balaban J connectivity index is 1.36. The molecule has 0 aliphatic heterocycles. The molecular weight excluding hydrogens is 363 g/mol. The number of aromatic amines is 1. The SMILES string of the molecule is O=C(CSc1n[nH]c(-c2ccccc2F)n1)N[C@@H]1CCCc2ccccc21. The van der Waals surface area contributed by atoms with Gasteiger partial charge in [0.2, 0.25) is 11.1 Å². The van der Waals surface area contributed by atoms with Crippen LogP contribution in [0.25, 0.3) is 11.4 Å². The molecule has 1 aromatic heterocycles. The van der Waals surface area contributed by atoms with Crippen LogP contribution in [0, 0.1) is 5.82 Å². The van der Waals surface area contributed by atoms with Gasteiger partial charge in [-0.1, -0.05) is 48.2 Å². The van der Waals surface area contributed by atoms with Gasteiger partial charge in [0.15, 0.2) is 5.82 Å². The molecule has 1 atom stereocenters. The summed E-state index contributed by atoms with van der Waals surface area (Å²) in [6.45, 7) is 0. The van der Waals surface area contributed by atoms with E-state index in [0.717, 1.165) is 19.3 Å². The standard InChI is InChI=1S/C20H19FN4OS/c21-16-10-4-3-9-15(16)19-23-20(25-24-19)27-12-18(26)22-17-11-5-7-13-6-1-2-8-14(13)17/h1-4,6,8-10,17H,5,7,11-12H2,(H,22,26)(H,23,24,25)/t17-/m1/s1. The van der Waals surface area contributed by atoms with E-state index in [-0.39, 0.29) is 23.5 Å². The molecule has 0 saturated heterocycles. The number of nitrogens with one attached hydrogen (secondary N) is 2. The molecule has 138 valence electrons. The molecule has 0 unspecified atom stereocenters. The number of fused-ring (bicyclic) bond motifs is 1. The first-order chi connectivity index (χ1) is 13.2. The summed E-state index contributed by atoms with van der Waals surface area (Å²) in [6, 6.07) is 14.7. The van der Waals surface area contributed by atoms with Crippen molar-refractivity contribution >= 4 is 17.7 Å². The lowest BCUT2D eigenvalue weighted by atomic mass is 9.88. The quantitative estimate of drug-likeness (QED) is 0.657. The zero-order valence-electron chi connectivity index (χ0n) is 14.6. The normalized spacial score (nSPS) is 16.0. The van der Waals surface area contributed by atoms with Crippen molar-refractivity contribution in [3.05, 3.63) is 65.5 Å². The van der Waals surface area contributed by atoms with E-state index < -0.39 is 0 Å². The van der Waals surface area contributed by atoms with Gasteiger partial charge >= 0.3 is 0 Å². The van der Waals surface area contributed by atoms with E-state index in [1.54, 1.807) is 18.2 Å². The molecule has 0 radical (unpaired) electrons. The first kappa shape index (κ1) is 17.7. The smallest absolute Gasteiger partial charge is 0.230 e. The number of nitrogens with zero attached hydrogens (tertiary/aromatic N) is 2. The Kier molecular flexibility index (Phi) is 5.20. The Labute approximate surface area is 160 Å². The Bertz CT molecular complexity index is 958. The number of halogens is 1. The summed E-state index contributed by atoms with van der Waals surface area (Å²) in [5.41, 5.74) is 2.88. The molecule has 27 heavy (non-hydrogen) atoms. The van der Waals surface area contributed by atoms with Gasteiger partial charge in [-0.3, -0.25) is 9.89 Å². The highest BCUT2D eigenvalue weighted by Crippen LogP contribution is 2.29. The predicted octanol–water partition coefficient (Wildman–Crippen LogP) is 3.90. The molecule has 1 amide bonds. The van der Waals surface area contributed by atoms with Crippen LogP contribution in [0.3, 0.4) is 0 Å². The zero-order chi connectivity index (χ0) is 18.6. The number of benzene rings is 2. The molecule has 3 aromatic rings. The van der Waals surface area contributed by atoms with Crippen LogP contribution in [0.5, 0.6) is 0 Å². The first-order valence-corrected chi connectivity index (χ1v) is 9.86. The van der Waals surface area contributed by atoms with Crippen molar-refractivity contribution in [1.29, 1.82) is 0 Å². The van der Waals surface area contributed by atoms with E-state index in [9.17, 15) is 9.18 Å². The molecule has 1 aliphatic rings. The van der Waals surface area contributed by atoms with Gasteiger partial charge in [-0.15, -0.1) is 5.10 Å². The molecule has 0 fully saturated rings. The van der Waals surface area contributed by atoms with E-state index in [1.807, 2.05) is 12.1 Å². The maximum absolute atomic E-state index is 13.8. The Morgan fingerprint density at radius 1 is 1.22 bits per heavy atom. The third kappa shape index (κ3) is 4.03. The highest BCUT2D eigenvalue weighted by atomic mass is 32.2. The second-order valence-electron chi connectivity index (χ2n) is 6.45. The second kappa shape index (κ2) is 7.92. The highest BCUT2D eigenvalue weighted by molar-refractivity contribution is 7.99. The molecule has 5 nitrogen and oxygen atoms in total. The number of aromatic nitrogens is 3. The minimum Gasteiger partial charge on any atom is -0.349 e. The number of hydrogen-bond donors (Lipinski definition) is 2. The average Bonchev–Trinajstić information content (AvgIpc) is 3.16.